The average Bonchev–Trinajstić information content (AvgIpc) is 2.73. The molecule has 0 radical (unpaired) electrons. The summed E-state index contributed by atoms with van der Waals surface area (Å²) >= 11 is 0. The number of amides is 2. The molecular weight excluding hydrogens is 344 g/mol. The van der Waals surface area contributed by atoms with Crippen molar-refractivity contribution in [1.82, 2.24) is 10.2 Å². The van der Waals surface area contributed by atoms with Crippen LogP contribution < -0.4 is 5.32 Å². The fourth-order valence-electron chi connectivity index (χ4n) is 3.48. The number of carbonyl (C=O) groups is 3. The van der Waals surface area contributed by atoms with E-state index in [4.69, 9.17) is 0 Å². The molecule has 0 unspecified atom stereocenters. The Bertz CT molecular complexity index is 813. The summed E-state index contributed by atoms with van der Waals surface area (Å²) in [6, 6.07) is 17.9. The van der Waals surface area contributed by atoms with E-state index in [0.717, 1.165) is 5.56 Å². The van der Waals surface area contributed by atoms with Gasteiger partial charge in [-0.3, -0.25) is 14.4 Å². The van der Waals surface area contributed by atoms with Crippen LogP contribution in [0.3, 0.4) is 0 Å². The highest BCUT2D eigenvalue weighted by atomic mass is 16.4. The SMILES string of the molecule is O=C(NCC(=O)N1CCC(C(=O)O)(c2ccccc2)CC1)c1ccccc1. The molecule has 3 rings (SSSR count). The summed E-state index contributed by atoms with van der Waals surface area (Å²) in [5.41, 5.74) is 0.297. The Morgan fingerprint density at radius 1 is 0.926 bits per heavy atom. The molecule has 140 valence electrons. The van der Waals surface area contributed by atoms with Gasteiger partial charge in [-0.25, -0.2) is 0 Å². The number of hydrogen-bond acceptors (Lipinski definition) is 3. The fourth-order valence-corrected chi connectivity index (χ4v) is 3.48. The fraction of sp³-hybridized carbons (Fsp3) is 0.286. The lowest BCUT2D eigenvalue weighted by Gasteiger charge is -2.39. The van der Waals surface area contributed by atoms with Crippen LogP contribution in [-0.2, 0) is 15.0 Å². The van der Waals surface area contributed by atoms with Crippen molar-refractivity contribution in [3.8, 4) is 0 Å². The van der Waals surface area contributed by atoms with Crippen molar-refractivity contribution in [2.45, 2.75) is 18.3 Å². The molecule has 2 amide bonds. The van der Waals surface area contributed by atoms with Crippen LogP contribution in [0.25, 0.3) is 0 Å². The predicted molar refractivity (Wildman–Crippen MR) is 100 cm³/mol. The lowest BCUT2D eigenvalue weighted by molar-refractivity contribution is -0.148. The van der Waals surface area contributed by atoms with Crippen LogP contribution in [0.1, 0.15) is 28.8 Å². The van der Waals surface area contributed by atoms with Crippen LogP contribution in [0, 0.1) is 0 Å². The zero-order valence-corrected chi connectivity index (χ0v) is 14.9. The third kappa shape index (κ3) is 4.00. The first-order valence-electron chi connectivity index (χ1n) is 8.93. The molecule has 1 saturated heterocycles. The topological polar surface area (TPSA) is 86.7 Å². The molecule has 6 heteroatoms. The van der Waals surface area contributed by atoms with E-state index in [0.29, 0.717) is 31.5 Å². The van der Waals surface area contributed by atoms with Crippen molar-refractivity contribution in [2.75, 3.05) is 19.6 Å². The van der Waals surface area contributed by atoms with Gasteiger partial charge in [0.2, 0.25) is 5.91 Å². The quantitative estimate of drug-likeness (QED) is 0.848. The van der Waals surface area contributed by atoms with Gasteiger partial charge >= 0.3 is 5.97 Å². The molecule has 0 spiro atoms. The second kappa shape index (κ2) is 8.03. The Kier molecular flexibility index (Phi) is 5.54. The monoisotopic (exact) mass is 366 g/mol. The third-order valence-corrected chi connectivity index (χ3v) is 5.14. The summed E-state index contributed by atoms with van der Waals surface area (Å²) in [5, 5.41) is 12.4. The Balaban J connectivity index is 1.59. The number of hydrogen-bond donors (Lipinski definition) is 2. The van der Waals surface area contributed by atoms with E-state index in [1.807, 2.05) is 36.4 Å². The zero-order chi connectivity index (χ0) is 19.3. The van der Waals surface area contributed by atoms with Crippen molar-refractivity contribution in [2.24, 2.45) is 0 Å². The predicted octanol–water partition coefficient (Wildman–Crippen LogP) is 2.06. The number of carboxylic acids is 1. The highest BCUT2D eigenvalue weighted by Crippen LogP contribution is 2.35. The van der Waals surface area contributed by atoms with E-state index in [1.165, 1.54) is 0 Å². The van der Waals surface area contributed by atoms with Gasteiger partial charge in [0.25, 0.3) is 5.91 Å². The van der Waals surface area contributed by atoms with E-state index in [2.05, 4.69) is 5.32 Å². The molecule has 2 aromatic carbocycles. The van der Waals surface area contributed by atoms with Crippen molar-refractivity contribution < 1.29 is 19.5 Å². The zero-order valence-electron chi connectivity index (χ0n) is 14.9. The molecule has 27 heavy (non-hydrogen) atoms. The lowest BCUT2D eigenvalue weighted by Crippen LogP contribution is -2.51. The molecule has 6 nitrogen and oxygen atoms in total. The van der Waals surface area contributed by atoms with E-state index < -0.39 is 11.4 Å². The number of piperidine rings is 1. The average molecular weight is 366 g/mol. The van der Waals surface area contributed by atoms with Crippen LogP contribution >= 0.6 is 0 Å². The van der Waals surface area contributed by atoms with Gasteiger partial charge in [-0.05, 0) is 30.5 Å². The Labute approximate surface area is 157 Å². The summed E-state index contributed by atoms with van der Waals surface area (Å²) in [7, 11) is 0. The number of aliphatic carboxylic acids is 1. The molecule has 1 fully saturated rings. The standard InChI is InChI=1S/C21H22N2O4/c24-18(15-22-19(25)16-7-3-1-4-8-16)23-13-11-21(12-14-23,20(26)27)17-9-5-2-6-10-17/h1-10H,11-15H2,(H,22,25)(H,26,27). The molecular formula is C21H22N2O4. The molecule has 0 aliphatic carbocycles. The highest BCUT2D eigenvalue weighted by Gasteiger charge is 2.43. The maximum Gasteiger partial charge on any atom is 0.314 e. The maximum atomic E-state index is 12.4. The van der Waals surface area contributed by atoms with Crippen LogP contribution in [0.2, 0.25) is 0 Å². The van der Waals surface area contributed by atoms with E-state index in [1.54, 1.807) is 29.2 Å². The van der Waals surface area contributed by atoms with Gasteiger partial charge in [-0.1, -0.05) is 48.5 Å². The third-order valence-electron chi connectivity index (χ3n) is 5.14. The first kappa shape index (κ1) is 18.6. The van der Waals surface area contributed by atoms with Gasteiger partial charge in [-0.2, -0.15) is 0 Å². The van der Waals surface area contributed by atoms with Gasteiger partial charge < -0.3 is 15.3 Å². The first-order chi connectivity index (χ1) is 13.0. The van der Waals surface area contributed by atoms with Crippen molar-refractivity contribution >= 4 is 17.8 Å². The van der Waals surface area contributed by atoms with Gasteiger partial charge in [0.05, 0.1) is 12.0 Å². The smallest absolute Gasteiger partial charge is 0.314 e. The molecule has 0 aromatic heterocycles. The van der Waals surface area contributed by atoms with E-state index >= 15 is 0 Å². The second-order valence-corrected chi connectivity index (χ2v) is 6.68. The molecule has 2 N–H and O–H groups in total. The van der Waals surface area contributed by atoms with Gasteiger partial charge in [0.1, 0.15) is 0 Å². The minimum absolute atomic E-state index is 0.0981. The largest absolute Gasteiger partial charge is 0.481 e. The molecule has 0 bridgehead atoms. The Morgan fingerprint density at radius 3 is 2.04 bits per heavy atom. The van der Waals surface area contributed by atoms with Gasteiger partial charge in [-0.15, -0.1) is 0 Å². The minimum Gasteiger partial charge on any atom is -0.481 e. The van der Waals surface area contributed by atoms with E-state index in [-0.39, 0.29) is 18.4 Å². The van der Waals surface area contributed by atoms with Crippen molar-refractivity contribution in [3.05, 3.63) is 71.8 Å². The molecule has 0 atom stereocenters. The maximum absolute atomic E-state index is 12.4. The van der Waals surface area contributed by atoms with Gasteiger partial charge in [0, 0.05) is 18.7 Å². The minimum atomic E-state index is -0.967. The van der Waals surface area contributed by atoms with Crippen LogP contribution in [0.4, 0.5) is 0 Å². The summed E-state index contributed by atoms with van der Waals surface area (Å²) in [6.45, 7) is 0.599. The lowest BCUT2D eigenvalue weighted by atomic mass is 9.73. The number of likely N-dealkylation sites (tertiary alicyclic amines) is 1. The summed E-state index contributed by atoms with van der Waals surface area (Å²) in [4.78, 5) is 38.0. The molecule has 0 saturated carbocycles. The van der Waals surface area contributed by atoms with Crippen molar-refractivity contribution in [3.63, 3.8) is 0 Å². The van der Waals surface area contributed by atoms with E-state index in [9.17, 15) is 19.5 Å². The molecule has 1 aliphatic heterocycles. The van der Waals surface area contributed by atoms with Crippen LogP contribution in [-0.4, -0.2) is 47.4 Å². The molecule has 1 heterocycles. The number of carbonyl (C=O) groups excluding carboxylic acids is 2. The second-order valence-electron chi connectivity index (χ2n) is 6.68. The highest BCUT2D eigenvalue weighted by molar-refractivity contribution is 5.96. The number of rotatable bonds is 5. The number of nitrogens with zero attached hydrogens (tertiary/aromatic N) is 1. The van der Waals surface area contributed by atoms with Crippen molar-refractivity contribution in [1.29, 1.82) is 0 Å². The summed E-state index contributed by atoms with van der Waals surface area (Å²) < 4.78 is 0. The summed E-state index contributed by atoms with van der Waals surface area (Å²) in [6.07, 6.45) is 0.704. The normalized spacial score (nSPS) is 15.8. The number of carboxylic acid groups (broad SMARTS) is 1. The first-order valence-corrected chi connectivity index (χ1v) is 8.93. The number of benzene rings is 2. The Hall–Kier alpha value is -3.15. The Morgan fingerprint density at radius 2 is 1.48 bits per heavy atom. The van der Waals surface area contributed by atoms with Crippen LogP contribution in [0.15, 0.2) is 60.7 Å². The van der Waals surface area contributed by atoms with Crippen LogP contribution in [0.5, 0.6) is 0 Å². The molecule has 1 aliphatic rings. The van der Waals surface area contributed by atoms with Gasteiger partial charge in [0.15, 0.2) is 0 Å². The summed E-state index contributed by atoms with van der Waals surface area (Å²) in [5.74, 6) is -1.37. The molecule has 2 aromatic rings. The number of nitrogens with one attached hydrogen (secondary N) is 1.